The van der Waals surface area contributed by atoms with Crippen LogP contribution in [0.25, 0.3) is 0 Å². The predicted molar refractivity (Wildman–Crippen MR) is 54.0 cm³/mol. The number of aromatic nitrogens is 3. The van der Waals surface area contributed by atoms with E-state index in [4.69, 9.17) is 5.26 Å². The van der Waals surface area contributed by atoms with Crippen molar-refractivity contribution < 1.29 is 4.79 Å². The SMILES string of the molecule is N#CC1CNCCN1C(=O)Cn1ccnn1. The Balaban J connectivity index is 2.00. The topological polar surface area (TPSA) is 86.8 Å². The Morgan fingerprint density at radius 1 is 1.69 bits per heavy atom. The van der Waals surface area contributed by atoms with E-state index in [0.717, 1.165) is 6.54 Å². The van der Waals surface area contributed by atoms with Crippen LogP contribution in [0.1, 0.15) is 0 Å². The van der Waals surface area contributed by atoms with E-state index in [2.05, 4.69) is 21.7 Å². The second-order valence-corrected chi connectivity index (χ2v) is 3.54. The summed E-state index contributed by atoms with van der Waals surface area (Å²) in [5.74, 6) is -0.0986. The van der Waals surface area contributed by atoms with E-state index in [-0.39, 0.29) is 18.5 Å². The van der Waals surface area contributed by atoms with Gasteiger partial charge in [0.1, 0.15) is 12.6 Å². The van der Waals surface area contributed by atoms with E-state index in [1.807, 2.05) is 0 Å². The zero-order valence-electron chi connectivity index (χ0n) is 8.70. The number of nitriles is 1. The van der Waals surface area contributed by atoms with Gasteiger partial charge in [-0.25, -0.2) is 4.68 Å². The van der Waals surface area contributed by atoms with Crippen LogP contribution in [0.15, 0.2) is 12.4 Å². The van der Waals surface area contributed by atoms with E-state index >= 15 is 0 Å². The minimum absolute atomic E-state index is 0.0986. The molecule has 0 aliphatic carbocycles. The molecule has 2 heterocycles. The fourth-order valence-corrected chi connectivity index (χ4v) is 1.66. The second kappa shape index (κ2) is 4.72. The largest absolute Gasteiger partial charge is 0.322 e. The molecule has 1 amide bonds. The van der Waals surface area contributed by atoms with Crippen LogP contribution in [0.4, 0.5) is 0 Å². The molecule has 0 spiro atoms. The molecule has 1 aliphatic heterocycles. The highest BCUT2D eigenvalue weighted by atomic mass is 16.2. The van der Waals surface area contributed by atoms with Crippen molar-refractivity contribution in [2.45, 2.75) is 12.6 Å². The maximum Gasteiger partial charge on any atom is 0.245 e. The van der Waals surface area contributed by atoms with Gasteiger partial charge in [0.2, 0.25) is 5.91 Å². The van der Waals surface area contributed by atoms with E-state index in [0.29, 0.717) is 13.1 Å². The van der Waals surface area contributed by atoms with Gasteiger partial charge >= 0.3 is 0 Å². The third-order valence-electron chi connectivity index (χ3n) is 2.48. The zero-order chi connectivity index (χ0) is 11.4. The van der Waals surface area contributed by atoms with Crippen LogP contribution in [0.2, 0.25) is 0 Å². The molecule has 1 N–H and O–H groups in total. The first-order valence-electron chi connectivity index (χ1n) is 5.05. The number of carbonyl (C=O) groups is 1. The summed E-state index contributed by atoms with van der Waals surface area (Å²) in [6.45, 7) is 1.95. The molecule has 1 fully saturated rings. The van der Waals surface area contributed by atoms with Gasteiger partial charge in [0, 0.05) is 25.8 Å². The van der Waals surface area contributed by atoms with Crippen LogP contribution < -0.4 is 5.32 Å². The van der Waals surface area contributed by atoms with E-state index in [9.17, 15) is 4.79 Å². The molecule has 1 atom stereocenters. The fourth-order valence-electron chi connectivity index (χ4n) is 1.66. The van der Waals surface area contributed by atoms with Gasteiger partial charge in [-0.2, -0.15) is 5.26 Å². The summed E-state index contributed by atoms with van der Waals surface area (Å²) in [6, 6.07) is 1.73. The molecular weight excluding hydrogens is 208 g/mol. The molecule has 7 heteroatoms. The van der Waals surface area contributed by atoms with Crippen LogP contribution in [0, 0.1) is 11.3 Å². The molecule has 0 saturated carbocycles. The van der Waals surface area contributed by atoms with Crippen molar-refractivity contribution in [2.24, 2.45) is 0 Å². The highest BCUT2D eigenvalue weighted by Crippen LogP contribution is 2.03. The molecule has 1 aliphatic rings. The predicted octanol–water partition coefficient (Wildman–Crippen LogP) is -1.40. The molecule has 1 aromatic heterocycles. The Labute approximate surface area is 92.6 Å². The molecule has 1 unspecified atom stereocenters. The summed E-state index contributed by atoms with van der Waals surface area (Å²) < 4.78 is 1.46. The van der Waals surface area contributed by atoms with Crippen LogP contribution in [0.3, 0.4) is 0 Å². The summed E-state index contributed by atoms with van der Waals surface area (Å²) in [7, 11) is 0. The summed E-state index contributed by atoms with van der Waals surface area (Å²) in [4.78, 5) is 13.5. The van der Waals surface area contributed by atoms with Crippen LogP contribution in [-0.2, 0) is 11.3 Å². The highest BCUT2D eigenvalue weighted by Gasteiger charge is 2.26. The lowest BCUT2D eigenvalue weighted by Crippen LogP contribution is -2.53. The normalized spacial score (nSPS) is 20.4. The molecule has 1 saturated heterocycles. The van der Waals surface area contributed by atoms with E-state index in [1.165, 1.54) is 10.9 Å². The minimum atomic E-state index is -0.384. The van der Waals surface area contributed by atoms with Gasteiger partial charge < -0.3 is 10.2 Å². The minimum Gasteiger partial charge on any atom is -0.322 e. The van der Waals surface area contributed by atoms with E-state index in [1.54, 1.807) is 11.1 Å². The molecule has 2 rings (SSSR count). The number of piperazine rings is 1. The number of hydrogen-bond donors (Lipinski definition) is 1. The number of carbonyl (C=O) groups excluding carboxylic acids is 1. The summed E-state index contributed by atoms with van der Waals surface area (Å²) in [5.41, 5.74) is 0. The van der Waals surface area contributed by atoms with Crippen LogP contribution >= 0.6 is 0 Å². The fraction of sp³-hybridized carbons (Fsp3) is 0.556. The Hall–Kier alpha value is -1.94. The highest BCUT2D eigenvalue weighted by molar-refractivity contribution is 5.76. The van der Waals surface area contributed by atoms with Gasteiger partial charge in [-0.05, 0) is 0 Å². The molecule has 16 heavy (non-hydrogen) atoms. The summed E-state index contributed by atoms with van der Waals surface area (Å²) in [5, 5.41) is 19.3. The monoisotopic (exact) mass is 220 g/mol. The third kappa shape index (κ3) is 2.17. The van der Waals surface area contributed by atoms with Gasteiger partial charge in [-0.15, -0.1) is 5.10 Å². The number of nitrogens with one attached hydrogen (secondary N) is 1. The number of amides is 1. The van der Waals surface area contributed by atoms with Gasteiger partial charge in [0.05, 0.1) is 12.3 Å². The average Bonchev–Trinajstić information content (AvgIpc) is 2.81. The van der Waals surface area contributed by atoms with Gasteiger partial charge in [0.25, 0.3) is 0 Å². The van der Waals surface area contributed by atoms with Crippen molar-refractivity contribution in [3.63, 3.8) is 0 Å². The first-order chi connectivity index (χ1) is 7.81. The summed E-state index contributed by atoms with van der Waals surface area (Å²) >= 11 is 0. The molecule has 1 aromatic rings. The van der Waals surface area contributed by atoms with Gasteiger partial charge in [-0.3, -0.25) is 4.79 Å². The number of hydrogen-bond acceptors (Lipinski definition) is 5. The maximum atomic E-state index is 11.9. The summed E-state index contributed by atoms with van der Waals surface area (Å²) in [6.07, 6.45) is 3.15. The van der Waals surface area contributed by atoms with Gasteiger partial charge in [-0.1, -0.05) is 5.21 Å². The Bertz CT molecular complexity index is 395. The van der Waals surface area contributed by atoms with Crippen molar-refractivity contribution in [1.29, 1.82) is 5.26 Å². The lowest BCUT2D eigenvalue weighted by molar-refractivity contribution is -0.134. The second-order valence-electron chi connectivity index (χ2n) is 3.54. The number of nitrogens with zero attached hydrogens (tertiary/aromatic N) is 5. The van der Waals surface area contributed by atoms with Crippen molar-refractivity contribution in [2.75, 3.05) is 19.6 Å². The maximum absolute atomic E-state index is 11.9. The Kier molecular flexibility index (Phi) is 3.12. The van der Waals surface area contributed by atoms with Crippen LogP contribution in [-0.4, -0.2) is 51.5 Å². The molecule has 84 valence electrons. The lowest BCUT2D eigenvalue weighted by atomic mass is 10.2. The molecule has 0 bridgehead atoms. The van der Waals surface area contributed by atoms with Gasteiger partial charge in [0.15, 0.2) is 0 Å². The van der Waals surface area contributed by atoms with Crippen molar-refractivity contribution >= 4 is 5.91 Å². The third-order valence-corrected chi connectivity index (χ3v) is 2.48. The van der Waals surface area contributed by atoms with Crippen molar-refractivity contribution in [3.05, 3.63) is 12.4 Å². The Morgan fingerprint density at radius 2 is 2.56 bits per heavy atom. The molecule has 0 radical (unpaired) electrons. The number of rotatable bonds is 2. The Morgan fingerprint density at radius 3 is 3.25 bits per heavy atom. The van der Waals surface area contributed by atoms with Crippen LogP contribution in [0.5, 0.6) is 0 Å². The first kappa shape index (κ1) is 10.6. The zero-order valence-corrected chi connectivity index (χ0v) is 8.70. The quantitative estimate of drug-likeness (QED) is 0.662. The molecule has 0 aromatic carbocycles. The standard InChI is InChI=1S/C9H12N6O/c10-5-8-6-11-1-4-15(8)9(16)7-14-3-2-12-13-14/h2-3,8,11H,1,4,6-7H2. The van der Waals surface area contributed by atoms with Crippen molar-refractivity contribution in [1.82, 2.24) is 25.2 Å². The average molecular weight is 220 g/mol. The molecular formula is C9H12N6O. The van der Waals surface area contributed by atoms with Crippen molar-refractivity contribution in [3.8, 4) is 6.07 Å². The molecule has 7 nitrogen and oxygen atoms in total. The van der Waals surface area contributed by atoms with E-state index < -0.39 is 0 Å². The smallest absolute Gasteiger partial charge is 0.245 e. The first-order valence-corrected chi connectivity index (χ1v) is 5.05. The lowest BCUT2D eigenvalue weighted by Gasteiger charge is -2.31.